The number of benzene rings is 1. The molecule has 1 aromatic heterocycles. The Morgan fingerprint density at radius 1 is 1.50 bits per heavy atom. The van der Waals surface area contributed by atoms with Crippen molar-refractivity contribution in [1.29, 1.82) is 0 Å². The Morgan fingerprint density at radius 3 is 3.00 bits per heavy atom. The van der Waals surface area contributed by atoms with Crippen molar-refractivity contribution in [2.24, 2.45) is 5.73 Å². The predicted octanol–water partition coefficient (Wildman–Crippen LogP) is 2.64. The van der Waals surface area contributed by atoms with Gasteiger partial charge in [0.1, 0.15) is 17.6 Å². The van der Waals surface area contributed by atoms with Gasteiger partial charge in [0.25, 0.3) is 0 Å². The highest BCUT2D eigenvalue weighted by Crippen LogP contribution is 2.37. The van der Waals surface area contributed by atoms with Crippen LogP contribution in [-0.2, 0) is 6.54 Å². The van der Waals surface area contributed by atoms with E-state index in [4.69, 9.17) is 15.2 Å². The van der Waals surface area contributed by atoms with Crippen LogP contribution in [0.15, 0.2) is 29.6 Å². The summed E-state index contributed by atoms with van der Waals surface area (Å²) in [5.41, 5.74) is 6.88. The number of amides is 1. The smallest absolute Gasteiger partial charge is 0.249 e. The molecule has 0 radical (unpaired) electrons. The Bertz CT molecular complexity index is 698. The highest BCUT2D eigenvalue weighted by molar-refractivity contribution is 7.10. The first-order chi connectivity index (χ1) is 10.6. The van der Waals surface area contributed by atoms with Crippen LogP contribution >= 0.6 is 11.3 Å². The Hall–Kier alpha value is -2.21. The third-order valence-electron chi connectivity index (χ3n) is 3.60. The zero-order valence-electron chi connectivity index (χ0n) is 12.5. The Kier molecular flexibility index (Phi) is 3.94. The molecule has 0 saturated heterocycles. The Balaban J connectivity index is 1.88. The largest absolute Gasteiger partial charge is 0.497 e. The number of thiophene rings is 1. The van der Waals surface area contributed by atoms with Crippen LogP contribution in [0.1, 0.15) is 22.2 Å². The second kappa shape index (κ2) is 5.88. The van der Waals surface area contributed by atoms with Gasteiger partial charge in [0.05, 0.1) is 31.5 Å². The zero-order chi connectivity index (χ0) is 15.7. The number of anilines is 1. The Labute approximate surface area is 133 Å². The van der Waals surface area contributed by atoms with Crippen molar-refractivity contribution >= 4 is 22.9 Å². The van der Waals surface area contributed by atoms with E-state index in [-0.39, 0.29) is 12.0 Å². The van der Waals surface area contributed by atoms with Gasteiger partial charge in [0.2, 0.25) is 5.91 Å². The molecule has 1 aliphatic rings. The van der Waals surface area contributed by atoms with Crippen LogP contribution in [0.5, 0.6) is 11.5 Å². The SMILES string of the molecule is COc1ccc2c(c1)N(Cc1cc(C(N)=O)cs1)C[C@@H](C)O2. The highest BCUT2D eigenvalue weighted by Gasteiger charge is 2.24. The minimum absolute atomic E-state index is 0.108. The number of hydrogen-bond donors (Lipinski definition) is 1. The first-order valence-corrected chi connectivity index (χ1v) is 7.91. The molecule has 0 fully saturated rings. The minimum Gasteiger partial charge on any atom is -0.497 e. The van der Waals surface area contributed by atoms with Crippen LogP contribution in [0.4, 0.5) is 5.69 Å². The lowest BCUT2D eigenvalue weighted by atomic mass is 10.2. The maximum Gasteiger partial charge on any atom is 0.249 e. The summed E-state index contributed by atoms with van der Waals surface area (Å²) < 4.78 is 11.2. The molecular formula is C16H18N2O3S. The number of nitrogens with two attached hydrogens (primary N) is 1. The molecule has 2 N–H and O–H groups in total. The van der Waals surface area contributed by atoms with Crippen molar-refractivity contribution in [1.82, 2.24) is 0 Å². The summed E-state index contributed by atoms with van der Waals surface area (Å²) in [6, 6.07) is 7.66. The number of carbonyl (C=O) groups excluding carboxylic acids is 1. The van der Waals surface area contributed by atoms with E-state index < -0.39 is 0 Å². The molecule has 0 aliphatic carbocycles. The molecule has 2 heterocycles. The van der Waals surface area contributed by atoms with Crippen molar-refractivity contribution in [3.05, 3.63) is 40.1 Å². The second-order valence-corrected chi connectivity index (χ2v) is 6.30. The maximum atomic E-state index is 11.2. The number of fused-ring (bicyclic) bond motifs is 1. The maximum absolute atomic E-state index is 11.2. The summed E-state index contributed by atoms with van der Waals surface area (Å²) in [6.07, 6.45) is 0.108. The van der Waals surface area contributed by atoms with Crippen LogP contribution in [0, 0.1) is 0 Å². The predicted molar refractivity (Wildman–Crippen MR) is 87.0 cm³/mol. The first-order valence-electron chi connectivity index (χ1n) is 7.03. The lowest BCUT2D eigenvalue weighted by Crippen LogP contribution is -2.37. The summed E-state index contributed by atoms with van der Waals surface area (Å²) >= 11 is 1.54. The molecule has 0 spiro atoms. The zero-order valence-corrected chi connectivity index (χ0v) is 13.4. The second-order valence-electron chi connectivity index (χ2n) is 5.31. The van der Waals surface area contributed by atoms with Crippen LogP contribution < -0.4 is 20.1 Å². The highest BCUT2D eigenvalue weighted by atomic mass is 32.1. The number of carbonyl (C=O) groups is 1. The van der Waals surface area contributed by atoms with Gasteiger partial charge in [-0.1, -0.05) is 0 Å². The first kappa shape index (κ1) is 14.7. The lowest BCUT2D eigenvalue weighted by molar-refractivity contribution is 0.100. The fourth-order valence-corrected chi connectivity index (χ4v) is 3.45. The number of nitrogens with zero attached hydrogens (tertiary/aromatic N) is 1. The Morgan fingerprint density at radius 2 is 2.32 bits per heavy atom. The third-order valence-corrected chi connectivity index (χ3v) is 4.52. The van der Waals surface area contributed by atoms with Gasteiger partial charge in [-0.15, -0.1) is 11.3 Å². The average Bonchev–Trinajstić information content (AvgIpc) is 2.95. The third kappa shape index (κ3) is 2.87. The van der Waals surface area contributed by atoms with Gasteiger partial charge in [-0.05, 0) is 25.1 Å². The van der Waals surface area contributed by atoms with E-state index in [1.807, 2.05) is 31.2 Å². The van der Waals surface area contributed by atoms with Gasteiger partial charge in [-0.3, -0.25) is 4.79 Å². The fraction of sp³-hybridized carbons (Fsp3) is 0.312. The molecule has 0 bridgehead atoms. The van der Waals surface area contributed by atoms with Gasteiger partial charge in [0.15, 0.2) is 0 Å². The summed E-state index contributed by atoms with van der Waals surface area (Å²) in [7, 11) is 1.65. The molecule has 5 nitrogen and oxygen atoms in total. The summed E-state index contributed by atoms with van der Waals surface area (Å²) in [6.45, 7) is 3.54. The van der Waals surface area contributed by atoms with Crippen LogP contribution in [-0.4, -0.2) is 25.7 Å². The molecule has 3 rings (SSSR count). The van der Waals surface area contributed by atoms with Crippen LogP contribution in [0.2, 0.25) is 0 Å². The van der Waals surface area contributed by atoms with E-state index in [9.17, 15) is 4.79 Å². The molecule has 6 heteroatoms. The molecule has 1 aliphatic heterocycles. The van der Waals surface area contributed by atoms with Gasteiger partial charge < -0.3 is 20.1 Å². The molecule has 2 aromatic rings. The molecule has 1 amide bonds. The van der Waals surface area contributed by atoms with Crippen molar-refractivity contribution in [3.63, 3.8) is 0 Å². The summed E-state index contributed by atoms with van der Waals surface area (Å²) in [5, 5.41) is 1.80. The van der Waals surface area contributed by atoms with Crippen LogP contribution in [0.3, 0.4) is 0 Å². The monoisotopic (exact) mass is 318 g/mol. The van der Waals surface area contributed by atoms with Crippen molar-refractivity contribution in [3.8, 4) is 11.5 Å². The van der Waals surface area contributed by atoms with E-state index in [1.54, 1.807) is 23.8 Å². The number of primary amides is 1. The molecule has 116 valence electrons. The molecule has 0 saturated carbocycles. The quantitative estimate of drug-likeness (QED) is 0.941. The summed E-state index contributed by atoms with van der Waals surface area (Å²) in [4.78, 5) is 14.6. The van der Waals surface area contributed by atoms with Gasteiger partial charge in [-0.25, -0.2) is 0 Å². The van der Waals surface area contributed by atoms with Crippen molar-refractivity contribution in [2.75, 3.05) is 18.6 Å². The average molecular weight is 318 g/mol. The normalized spacial score (nSPS) is 16.8. The summed E-state index contributed by atoms with van der Waals surface area (Å²) in [5.74, 6) is 1.26. The molecular weight excluding hydrogens is 300 g/mol. The topological polar surface area (TPSA) is 64.8 Å². The van der Waals surface area contributed by atoms with Gasteiger partial charge >= 0.3 is 0 Å². The minimum atomic E-state index is -0.389. The van der Waals surface area contributed by atoms with E-state index >= 15 is 0 Å². The standard InChI is InChI=1S/C16H18N2O3S/c1-10-7-18(8-13-5-11(9-22-13)16(17)19)14-6-12(20-2)3-4-15(14)21-10/h3-6,9-10H,7-8H2,1-2H3,(H2,17,19)/t10-/m1/s1. The lowest BCUT2D eigenvalue weighted by Gasteiger charge is -2.35. The van der Waals surface area contributed by atoms with Gasteiger partial charge in [-0.2, -0.15) is 0 Å². The van der Waals surface area contributed by atoms with Crippen molar-refractivity contribution in [2.45, 2.75) is 19.6 Å². The number of methoxy groups -OCH3 is 1. The van der Waals surface area contributed by atoms with Crippen LogP contribution in [0.25, 0.3) is 0 Å². The molecule has 0 unspecified atom stereocenters. The molecule has 1 aromatic carbocycles. The number of rotatable bonds is 4. The van der Waals surface area contributed by atoms with E-state index in [0.29, 0.717) is 12.1 Å². The number of hydrogen-bond acceptors (Lipinski definition) is 5. The van der Waals surface area contributed by atoms with E-state index in [1.165, 1.54) is 0 Å². The van der Waals surface area contributed by atoms with Gasteiger partial charge in [0, 0.05) is 16.3 Å². The van der Waals surface area contributed by atoms with Crippen molar-refractivity contribution < 1.29 is 14.3 Å². The van der Waals surface area contributed by atoms with E-state index in [2.05, 4.69) is 4.90 Å². The fourth-order valence-electron chi connectivity index (χ4n) is 2.56. The molecule has 22 heavy (non-hydrogen) atoms. The van der Waals surface area contributed by atoms with E-state index in [0.717, 1.165) is 28.6 Å². The molecule has 1 atom stereocenters. The number of ether oxygens (including phenoxy) is 2.